The lowest BCUT2D eigenvalue weighted by Gasteiger charge is -2.26. The van der Waals surface area contributed by atoms with Crippen LogP contribution >= 0.6 is 11.3 Å². The summed E-state index contributed by atoms with van der Waals surface area (Å²) >= 11 is 1.92. The first-order chi connectivity index (χ1) is 29.3. The van der Waals surface area contributed by atoms with Gasteiger partial charge in [0.05, 0.1) is 11.0 Å². The van der Waals surface area contributed by atoms with Crippen LogP contribution < -0.4 is 4.90 Å². The highest BCUT2D eigenvalue weighted by molar-refractivity contribution is 7.27. The van der Waals surface area contributed by atoms with Crippen LogP contribution in [-0.4, -0.2) is 4.57 Å². The molecule has 10 aromatic carbocycles. The van der Waals surface area contributed by atoms with E-state index in [1.165, 1.54) is 85.8 Å². The topological polar surface area (TPSA) is 8.17 Å². The molecule has 0 spiro atoms. The second-order valence-corrected chi connectivity index (χ2v) is 16.4. The van der Waals surface area contributed by atoms with Gasteiger partial charge in [-0.2, -0.15) is 0 Å². The van der Waals surface area contributed by atoms with E-state index in [1.54, 1.807) is 0 Å². The summed E-state index contributed by atoms with van der Waals surface area (Å²) in [5, 5.41) is 10.2. The summed E-state index contributed by atoms with van der Waals surface area (Å²) in [5.41, 5.74) is 11.9. The minimum Gasteiger partial charge on any atom is -0.310 e. The zero-order valence-corrected chi connectivity index (χ0v) is 32.9. The van der Waals surface area contributed by atoms with Crippen molar-refractivity contribution in [3.63, 3.8) is 0 Å². The zero-order valence-electron chi connectivity index (χ0n) is 32.1. The van der Waals surface area contributed by atoms with Crippen LogP contribution in [0.25, 0.3) is 91.5 Å². The average molecular weight is 769 g/mol. The highest BCUT2D eigenvalue weighted by Crippen LogP contribution is 2.49. The fraction of sp³-hybridized carbons (Fsp3) is 0. The summed E-state index contributed by atoms with van der Waals surface area (Å²) in [6.07, 6.45) is 0. The van der Waals surface area contributed by atoms with Gasteiger partial charge in [0, 0.05) is 59.1 Å². The fourth-order valence-corrected chi connectivity index (χ4v) is 10.5. The van der Waals surface area contributed by atoms with Gasteiger partial charge in [0.2, 0.25) is 0 Å². The van der Waals surface area contributed by atoms with Crippen molar-refractivity contribution in [3.8, 4) is 27.9 Å². The normalized spacial score (nSPS) is 11.7. The highest BCUT2D eigenvalue weighted by Gasteiger charge is 2.23. The second-order valence-electron chi connectivity index (χ2n) is 15.3. The fourth-order valence-electron chi connectivity index (χ4n) is 9.20. The minimum absolute atomic E-state index is 1.12. The molecular weight excluding hydrogens is 733 g/mol. The second kappa shape index (κ2) is 13.6. The van der Waals surface area contributed by atoms with Gasteiger partial charge < -0.3 is 9.47 Å². The molecule has 2 nitrogen and oxygen atoms in total. The molecule has 59 heavy (non-hydrogen) atoms. The van der Waals surface area contributed by atoms with Crippen LogP contribution in [0.5, 0.6) is 0 Å². The standard InChI is InChI=1S/C56H36N2S/c1-4-14-37(15-5-1)42-28-33-52-50(36-42)53-47-22-12-13-23-48(47)55-54(56(53)59-52)49-35-41(27-32-51(49)58(55)44-20-8-3-9-21-44)39-24-29-45(30-25-39)57(43-18-6-2-7-19-43)46-31-26-38-16-10-11-17-40(38)34-46/h1-36H. The predicted molar refractivity (Wildman–Crippen MR) is 254 cm³/mol. The Bertz CT molecular complexity index is 3530. The van der Waals surface area contributed by atoms with E-state index >= 15 is 0 Å². The number of benzene rings is 10. The van der Waals surface area contributed by atoms with Crippen LogP contribution in [0.2, 0.25) is 0 Å². The molecule has 0 saturated heterocycles. The number of nitrogens with zero attached hydrogens (tertiary/aromatic N) is 2. The molecule has 0 bridgehead atoms. The molecule has 0 radical (unpaired) electrons. The van der Waals surface area contributed by atoms with E-state index < -0.39 is 0 Å². The Morgan fingerprint density at radius 1 is 0.356 bits per heavy atom. The third-order valence-electron chi connectivity index (χ3n) is 11.9. The Labute approximate surface area is 346 Å². The van der Waals surface area contributed by atoms with Crippen molar-refractivity contribution in [1.29, 1.82) is 0 Å². The number of hydrogen-bond donors (Lipinski definition) is 0. The number of thiophene rings is 1. The van der Waals surface area contributed by atoms with Crippen LogP contribution in [0.4, 0.5) is 17.1 Å². The maximum atomic E-state index is 2.49. The molecule has 0 amide bonds. The Hall–Kier alpha value is -7.46. The summed E-state index contributed by atoms with van der Waals surface area (Å²) in [7, 11) is 0. The van der Waals surface area contributed by atoms with Crippen LogP contribution in [0.3, 0.4) is 0 Å². The van der Waals surface area contributed by atoms with Gasteiger partial charge in [-0.1, -0.05) is 146 Å². The first kappa shape index (κ1) is 33.7. The Morgan fingerprint density at radius 2 is 0.932 bits per heavy atom. The SMILES string of the molecule is c1ccc(-c2ccc3sc4c(c3c2)c2ccccc2c2c4c3cc(-c4ccc(N(c5ccccc5)c5ccc6ccccc6c5)cc4)ccc3n2-c2ccccc2)cc1. The van der Waals surface area contributed by atoms with E-state index in [4.69, 9.17) is 0 Å². The molecule has 0 aliphatic carbocycles. The molecule has 2 heterocycles. The molecule has 12 aromatic rings. The molecule has 0 unspecified atom stereocenters. The van der Waals surface area contributed by atoms with E-state index in [1.807, 2.05) is 11.3 Å². The van der Waals surface area contributed by atoms with Crippen LogP contribution in [0.15, 0.2) is 218 Å². The molecule has 0 saturated carbocycles. The van der Waals surface area contributed by atoms with Gasteiger partial charge in [-0.25, -0.2) is 0 Å². The number of fused-ring (bicyclic) bond motifs is 11. The molecule has 3 heteroatoms. The highest BCUT2D eigenvalue weighted by atomic mass is 32.1. The van der Waals surface area contributed by atoms with Crippen molar-refractivity contribution in [2.45, 2.75) is 0 Å². The van der Waals surface area contributed by atoms with Crippen molar-refractivity contribution in [1.82, 2.24) is 4.57 Å². The van der Waals surface area contributed by atoms with Gasteiger partial charge in [-0.3, -0.25) is 0 Å². The lowest BCUT2D eigenvalue weighted by atomic mass is 9.97. The van der Waals surface area contributed by atoms with E-state index in [0.29, 0.717) is 0 Å². The molecule has 0 aliphatic heterocycles. The number of anilines is 3. The summed E-state index contributed by atoms with van der Waals surface area (Å²) in [4.78, 5) is 2.35. The van der Waals surface area contributed by atoms with Crippen molar-refractivity contribution in [3.05, 3.63) is 218 Å². The van der Waals surface area contributed by atoms with Gasteiger partial charge in [-0.05, 0) is 111 Å². The van der Waals surface area contributed by atoms with Gasteiger partial charge in [0.1, 0.15) is 0 Å². The quantitative estimate of drug-likeness (QED) is 0.164. The third-order valence-corrected chi connectivity index (χ3v) is 13.1. The first-order valence-corrected chi connectivity index (χ1v) is 21.0. The third kappa shape index (κ3) is 5.47. The van der Waals surface area contributed by atoms with E-state index in [-0.39, 0.29) is 0 Å². The first-order valence-electron chi connectivity index (χ1n) is 20.2. The predicted octanol–water partition coefficient (Wildman–Crippen LogP) is 16.3. The smallest absolute Gasteiger partial charge is 0.0634 e. The molecule has 0 aliphatic rings. The lowest BCUT2D eigenvalue weighted by molar-refractivity contribution is 1.19. The zero-order chi connectivity index (χ0) is 38.9. The Morgan fingerprint density at radius 3 is 1.71 bits per heavy atom. The molecule has 0 fully saturated rings. The van der Waals surface area contributed by atoms with Gasteiger partial charge in [0.25, 0.3) is 0 Å². The largest absolute Gasteiger partial charge is 0.310 e. The average Bonchev–Trinajstić information content (AvgIpc) is 3.86. The number of rotatable bonds is 6. The lowest BCUT2D eigenvalue weighted by Crippen LogP contribution is -2.09. The Balaban J connectivity index is 1.07. The summed E-state index contributed by atoms with van der Waals surface area (Å²) in [6, 6.07) is 79.7. The molecule has 0 atom stereocenters. The van der Waals surface area contributed by atoms with E-state index in [9.17, 15) is 0 Å². The molecular formula is C56H36N2S. The van der Waals surface area contributed by atoms with Crippen molar-refractivity contribution < 1.29 is 0 Å². The summed E-state index contributed by atoms with van der Waals surface area (Å²) in [5.74, 6) is 0. The van der Waals surface area contributed by atoms with Crippen LogP contribution in [0, 0.1) is 0 Å². The maximum absolute atomic E-state index is 2.49. The van der Waals surface area contributed by atoms with Gasteiger partial charge >= 0.3 is 0 Å². The van der Waals surface area contributed by atoms with Crippen molar-refractivity contribution in [2.24, 2.45) is 0 Å². The van der Waals surface area contributed by atoms with Gasteiger partial charge in [-0.15, -0.1) is 11.3 Å². The van der Waals surface area contributed by atoms with Crippen LogP contribution in [-0.2, 0) is 0 Å². The molecule has 12 rings (SSSR count). The van der Waals surface area contributed by atoms with Crippen molar-refractivity contribution >= 4 is 91.9 Å². The summed E-state index contributed by atoms with van der Waals surface area (Å²) < 4.78 is 5.12. The monoisotopic (exact) mass is 768 g/mol. The molecule has 0 N–H and O–H groups in total. The van der Waals surface area contributed by atoms with Crippen molar-refractivity contribution in [2.75, 3.05) is 4.90 Å². The van der Waals surface area contributed by atoms with Crippen LogP contribution in [0.1, 0.15) is 0 Å². The van der Waals surface area contributed by atoms with Gasteiger partial charge in [0.15, 0.2) is 0 Å². The van der Waals surface area contributed by atoms with E-state index in [0.717, 1.165) is 22.7 Å². The Kier molecular flexibility index (Phi) is 7.75. The molecule has 2 aromatic heterocycles. The minimum atomic E-state index is 1.12. The van der Waals surface area contributed by atoms with E-state index in [2.05, 4.69) is 228 Å². The molecule has 276 valence electrons. The summed E-state index contributed by atoms with van der Waals surface area (Å²) in [6.45, 7) is 0. The number of aromatic nitrogens is 1. The maximum Gasteiger partial charge on any atom is 0.0634 e. The number of hydrogen-bond acceptors (Lipinski definition) is 2. The number of para-hydroxylation sites is 2.